The number of nitrogens with zero attached hydrogens (tertiary/aromatic N) is 1. The quantitative estimate of drug-likeness (QED) is 0.288. The molecule has 1 aliphatic heterocycles. The smallest absolute Gasteiger partial charge is 0.151 e. The van der Waals surface area contributed by atoms with Crippen LogP contribution in [0.4, 0.5) is 15.8 Å². The molecule has 196 valence electrons. The summed E-state index contributed by atoms with van der Waals surface area (Å²) in [6.45, 7) is 16.1. The van der Waals surface area contributed by atoms with Crippen LogP contribution in [0.2, 0.25) is 0 Å². The highest BCUT2D eigenvalue weighted by Gasteiger charge is 2.27. The molecule has 4 aromatic carbocycles. The molecule has 0 spiro atoms. The molecule has 4 aromatic rings. The topological polar surface area (TPSA) is 64.5 Å². The van der Waals surface area contributed by atoms with E-state index in [9.17, 15) is 4.39 Å². The molecule has 0 saturated heterocycles. The Labute approximate surface area is 229 Å². The Balaban J connectivity index is 0.000000168. The minimum Gasteiger partial charge on any atom is -0.453 e. The Kier molecular flexibility index (Phi) is 6.52. The summed E-state index contributed by atoms with van der Waals surface area (Å²) in [5.41, 5.74) is 21.6. The third-order valence-electron chi connectivity index (χ3n) is 7.42. The van der Waals surface area contributed by atoms with Crippen molar-refractivity contribution in [2.24, 2.45) is 11.5 Å². The number of rotatable bonds is 3. The maximum absolute atomic E-state index is 13.9. The number of aryl methyl sites for hydroxylation is 4. The fraction of sp³-hybridized carbons (Fsp3) is 0.118. The first kappa shape index (κ1) is 25.9. The first-order valence-electron chi connectivity index (χ1n) is 12.8. The molecule has 5 heteroatoms. The minimum atomic E-state index is -0.296. The Morgan fingerprint density at radius 3 is 2.21 bits per heavy atom. The highest BCUT2D eigenvalue weighted by Crippen LogP contribution is 2.44. The van der Waals surface area contributed by atoms with Gasteiger partial charge in [0.05, 0.1) is 22.8 Å². The molecule has 0 saturated carbocycles. The third kappa shape index (κ3) is 4.16. The van der Waals surface area contributed by atoms with Crippen molar-refractivity contribution in [3.8, 4) is 5.75 Å². The Hall–Kier alpha value is -4.77. The van der Waals surface area contributed by atoms with Gasteiger partial charge in [-0.25, -0.2) is 4.39 Å². The predicted molar refractivity (Wildman–Crippen MR) is 161 cm³/mol. The van der Waals surface area contributed by atoms with Gasteiger partial charge in [-0.2, -0.15) is 0 Å². The molecule has 0 aromatic heterocycles. The SMILES string of the molecule is C=CC1=C(C=C)N(c2cc(C)c(C)cc2C)c2ccccc2O1.Cc1cc(F)c2c3c(cccc13)C(N)=C2N. The van der Waals surface area contributed by atoms with Crippen LogP contribution in [0.1, 0.15) is 33.4 Å². The molecule has 4 nitrogen and oxygen atoms in total. The number of fused-ring (bicyclic) bond motifs is 1. The average molecular weight is 518 g/mol. The number of nitrogens with two attached hydrogens (primary N) is 2. The van der Waals surface area contributed by atoms with Crippen LogP contribution in [0.3, 0.4) is 0 Å². The number of benzene rings is 4. The number of hydrogen-bond donors (Lipinski definition) is 2. The lowest BCUT2D eigenvalue weighted by Crippen LogP contribution is -2.23. The van der Waals surface area contributed by atoms with E-state index in [0.29, 0.717) is 17.0 Å². The minimum absolute atomic E-state index is 0.296. The van der Waals surface area contributed by atoms with Gasteiger partial charge in [0.15, 0.2) is 11.5 Å². The summed E-state index contributed by atoms with van der Waals surface area (Å²) in [5, 5.41) is 1.85. The van der Waals surface area contributed by atoms with Crippen LogP contribution < -0.4 is 21.1 Å². The molecule has 39 heavy (non-hydrogen) atoms. The van der Waals surface area contributed by atoms with E-state index in [-0.39, 0.29) is 5.82 Å². The van der Waals surface area contributed by atoms with E-state index < -0.39 is 0 Å². The standard InChI is InChI=1S/C21H21NO.C13H11FN2/c1-6-17-20(7-2)23-21-11-9-8-10-18(21)22(17)19-13-15(4)14(3)12-16(19)5;1-6-5-9(14)11-10-7(6)3-2-4-8(10)12(15)13(11)16/h6-13H,1-2H2,3-5H3;2-5H,15-16H2,1H3. The molecule has 0 atom stereocenters. The van der Waals surface area contributed by atoms with Crippen LogP contribution in [0.15, 0.2) is 97.4 Å². The molecule has 2 aliphatic rings. The van der Waals surface area contributed by atoms with Crippen molar-refractivity contribution in [3.05, 3.63) is 137 Å². The molecule has 1 aliphatic carbocycles. The van der Waals surface area contributed by atoms with Crippen molar-refractivity contribution in [3.63, 3.8) is 0 Å². The monoisotopic (exact) mass is 517 g/mol. The number of anilines is 2. The van der Waals surface area contributed by atoms with Gasteiger partial charge in [0.2, 0.25) is 0 Å². The van der Waals surface area contributed by atoms with Gasteiger partial charge in [0.1, 0.15) is 5.82 Å². The lowest BCUT2D eigenvalue weighted by Gasteiger charge is -2.34. The predicted octanol–water partition coefficient (Wildman–Crippen LogP) is 8.07. The Morgan fingerprint density at radius 1 is 0.769 bits per heavy atom. The molecule has 0 bridgehead atoms. The highest BCUT2D eigenvalue weighted by molar-refractivity contribution is 6.13. The van der Waals surface area contributed by atoms with Crippen molar-refractivity contribution in [2.45, 2.75) is 27.7 Å². The maximum Gasteiger partial charge on any atom is 0.151 e. The first-order valence-corrected chi connectivity index (χ1v) is 12.8. The number of allylic oxidation sites excluding steroid dienone is 2. The van der Waals surface area contributed by atoms with E-state index in [2.05, 4.69) is 57.0 Å². The van der Waals surface area contributed by atoms with Crippen LogP contribution in [0.5, 0.6) is 5.75 Å². The van der Waals surface area contributed by atoms with Crippen molar-refractivity contribution in [1.82, 2.24) is 0 Å². The summed E-state index contributed by atoms with van der Waals surface area (Å²) in [6.07, 6.45) is 3.55. The summed E-state index contributed by atoms with van der Waals surface area (Å²) in [4.78, 5) is 2.20. The van der Waals surface area contributed by atoms with E-state index in [0.717, 1.165) is 50.5 Å². The number of ether oxygens (including phenoxy) is 1. The van der Waals surface area contributed by atoms with E-state index >= 15 is 0 Å². The van der Waals surface area contributed by atoms with Gasteiger partial charge in [0, 0.05) is 22.2 Å². The zero-order valence-corrected chi connectivity index (χ0v) is 22.7. The van der Waals surface area contributed by atoms with E-state index in [1.807, 2.05) is 49.4 Å². The lowest BCUT2D eigenvalue weighted by atomic mass is 9.99. The van der Waals surface area contributed by atoms with Gasteiger partial charge in [-0.15, -0.1) is 0 Å². The molecule has 0 amide bonds. The number of para-hydroxylation sites is 2. The second-order valence-electron chi connectivity index (χ2n) is 9.89. The summed E-state index contributed by atoms with van der Waals surface area (Å²) in [5.74, 6) is 1.25. The molecule has 0 fully saturated rings. The third-order valence-corrected chi connectivity index (χ3v) is 7.42. The van der Waals surface area contributed by atoms with Crippen LogP contribution in [0, 0.1) is 33.5 Å². The van der Waals surface area contributed by atoms with Crippen molar-refractivity contribution in [1.29, 1.82) is 0 Å². The molecule has 0 unspecified atom stereocenters. The van der Waals surface area contributed by atoms with Crippen LogP contribution in [-0.4, -0.2) is 0 Å². The van der Waals surface area contributed by atoms with Crippen molar-refractivity contribution < 1.29 is 9.13 Å². The second kappa shape index (κ2) is 9.84. The average Bonchev–Trinajstić information content (AvgIpc) is 3.19. The summed E-state index contributed by atoms with van der Waals surface area (Å²) in [7, 11) is 0. The summed E-state index contributed by atoms with van der Waals surface area (Å²) in [6, 6.07) is 19.7. The zero-order valence-electron chi connectivity index (χ0n) is 22.7. The van der Waals surface area contributed by atoms with E-state index in [4.69, 9.17) is 16.2 Å². The molecule has 4 N–H and O–H groups in total. The molecular weight excluding hydrogens is 485 g/mol. The van der Waals surface area contributed by atoms with Gasteiger partial charge in [-0.05, 0) is 91.8 Å². The lowest BCUT2D eigenvalue weighted by molar-refractivity contribution is 0.431. The number of hydrogen-bond acceptors (Lipinski definition) is 4. The number of halogens is 1. The maximum atomic E-state index is 13.9. The van der Waals surface area contributed by atoms with Gasteiger partial charge >= 0.3 is 0 Å². The summed E-state index contributed by atoms with van der Waals surface area (Å²) < 4.78 is 19.8. The van der Waals surface area contributed by atoms with Gasteiger partial charge in [0.25, 0.3) is 0 Å². The zero-order chi connectivity index (χ0) is 28.0. The highest BCUT2D eigenvalue weighted by atomic mass is 19.1. The van der Waals surface area contributed by atoms with Crippen molar-refractivity contribution in [2.75, 3.05) is 4.90 Å². The van der Waals surface area contributed by atoms with E-state index in [1.54, 1.807) is 6.08 Å². The molecular formula is C34H32FN3O. The summed E-state index contributed by atoms with van der Waals surface area (Å²) >= 11 is 0. The molecule has 0 radical (unpaired) electrons. The fourth-order valence-corrected chi connectivity index (χ4v) is 5.30. The normalized spacial score (nSPS) is 13.6. The fourth-order valence-electron chi connectivity index (χ4n) is 5.30. The Morgan fingerprint density at radius 2 is 1.49 bits per heavy atom. The second-order valence-corrected chi connectivity index (χ2v) is 9.89. The van der Waals surface area contributed by atoms with Crippen molar-refractivity contribution >= 4 is 33.5 Å². The van der Waals surface area contributed by atoms with Gasteiger partial charge in [-0.1, -0.05) is 49.6 Å². The largest absolute Gasteiger partial charge is 0.453 e. The first-order chi connectivity index (χ1) is 18.7. The van der Waals surface area contributed by atoms with Crippen LogP contribution in [-0.2, 0) is 0 Å². The molecule has 1 heterocycles. The molecule has 6 rings (SSSR count). The van der Waals surface area contributed by atoms with E-state index in [1.165, 1.54) is 22.8 Å². The van der Waals surface area contributed by atoms with Gasteiger partial charge < -0.3 is 21.1 Å². The van der Waals surface area contributed by atoms with Crippen LogP contribution >= 0.6 is 0 Å². The van der Waals surface area contributed by atoms with Crippen LogP contribution in [0.25, 0.3) is 22.2 Å². The Bertz CT molecular complexity index is 1750. The van der Waals surface area contributed by atoms with Gasteiger partial charge in [-0.3, -0.25) is 0 Å².